The second-order valence-electron chi connectivity index (χ2n) is 6.19. The third-order valence-electron chi connectivity index (χ3n) is 4.24. The van der Waals surface area contributed by atoms with Crippen LogP contribution in [-0.4, -0.2) is 28.6 Å². The van der Waals surface area contributed by atoms with Gasteiger partial charge in [-0.1, -0.05) is 18.2 Å². The minimum Gasteiger partial charge on any atom is -0.459 e. The predicted molar refractivity (Wildman–Crippen MR) is 83.2 cm³/mol. The molecule has 2 heterocycles. The van der Waals surface area contributed by atoms with Crippen molar-refractivity contribution < 1.29 is 14.3 Å². The number of fused-ring (bicyclic) bond motifs is 1. The summed E-state index contributed by atoms with van der Waals surface area (Å²) in [7, 11) is 0. The quantitative estimate of drug-likeness (QED) is 0.880. The molecular formula is C17H20N2O3. The first-order valence-electron chi connectivity index (χ1n) is 7.51. The highest BCUT2D eigenvalue weighted by Crippen LogP contribution is 2.32. The van der Waals surface area contributed by atoms with E-state index in [4.69, 9.17) is 4.74 Å². The number of para-hydroxylation sites is 1. The van der Waals surface area contributed by atoms with Crippen LogP contribution in [0, 0.1) is 5.92 Å². The molecular weight excluding hydrogens is 280 g/mol. The molecule has 1 aromatic carbocycles. The van der Waals surface area contributed by atoms with Crippen molar-refractivity contribution in [3.63, 3.8) is 0 Å². The Morgan fingerprint density at radius 1 is 1.36 bits per heavy atom. The zero-order valence-corrected chi connectivity index (χ0v) is 12.8. The normalized spacial score (nSPS) is 20.1. The molecule has 1 fully saturated rings. The van der Waals surface area contributed by atoms with Crippen molar-refractivity contribution in [2.45, 2.75) is 32.4 Å². The van der Waals surface area contributed by atoms with E-state index in [1.165, 1.54) is 5.39 Å². The van der Waals surface area contributed by atoms with Gasteiger partial charge >= 0.3 is 5.97 Å². The molecule has 3 rings (SSSR count). The standard InChI is InChI=1S/C17H20N2O3/c1-17(2)13(11-15(20)22-17)16(21)18-8-10-19-9-7-12-5-3-4-6-14(12)19/h3-7,9,13H,8,10-11H2,1-2H3,(H,18,21)/t13-/m1/s1. The van der Waals surface area contributed by atoms with Gasteiger partial charge in [0.2, 0.25) is 5.91 Å². The van der Waals surface area contributed by atoms with Crippen LogP contribution in [0.3, 0.4) is 0 Å². The highest BCUT2D eigenvalue weighted by Gasteiger charge is 2.45. The van der Waals surface area contributed by atoms with E-state index in [0.29, 0.717) is 13.1 Å². The Balaban J connectivity index is 1.59. The number of carbonyl (C=O) groups is 2. The molecule has 0 aliphatic carbocycles. The number of esters is 1. The fourth-order valence-electron chi connectivity index (χ4n) is 2.99. The molecule has 1 N–H and O–H groups in total. The van der Waals surface area contributed by atoms with E-state index in [-0.39, 0.29) is 18.3 Å². The van der Waals surface area contributed by atoms with Crippen LogP contribution in [0.25, 0.3) is 10.9 Å². The van der Waals surface area contributed by atoms with Gasteiger partial charge < -0.3 is 14.6 Å². The van der Waals surface area contributed by atoms with E-state index in [0.717, 1.165) is 5.52 Å². The Labute approximate surface area is 129 Å². The van der Waals surface area contributed by atoms with Gasteiger partial charge in [0.05, 0.1) is 12.3 Å². The molecule has 116 valence electrons. The van der Waals surface area contributed by atoms with E-state index in [9.17, 15) is 9.59 Å². The molecule has 2 aromatic rings. The molecule has 1 saturated heterocycles. The predicted octanol–water partition coefficient (Wildman–Crippen LogP) is 2.10. The number of nitrogens with zero attached hydrogens (tertiary/aromatic N) is 1. The highest BCUT2D eigenvalue weighted by atomic mass is 16.6. The van der Waals surface area contributed by atoms with E-state index >= 15 is 0 Å². The van der Waals surface area contributed by atoms with Crippen molar-refractivity contribution in [1.29, 1.82) is 0 Å². The third-order valence-corrected chi connectivity index (χ3v) is 4.24. The number of carbonyl (C=O) groups excluding carboxylic acids is 2. The van der Waals surface area contributed by atoms with Gasteiger partial charge in [-0.25, -0.2) is 0 Å². The third kappa shape index (κ3) is 2.71. The topological polar surface area (TPSA) is 60.3 Å². The second-order valence-corrected chi connectivity index (χ2v) is 6.19. The van der Waals surface area contributed by atoms with Crippen LogP contribution in [0.15, 0.2) is 36.5 Å². The fraction of sp³-hybridized carbons (Fsp3) is 0.412. The van der Waals surface area contributed by atoms with Gasteiger partial charge in [0.15, 0.2) is 0 Å². The largest absolute Gasteiger partial charge is 0.459 e. The summed E-state index contributed by atoms with van der Waals surface area (Å²) in [5.41, 5.74) is 0.429. The van der Waals surface area contributed by atoms with Crippen molar-refractivity contribution in [3.05, 3.63) is 36.5 Å². The van der Waals surface area contributed by atoms with Crippen LogP contribution in [0.5, 0.6) is 0 Å². The zero-order valence-electron chi connectivity index (χ0n) is 12.8. The van der Waals surface area contributed by atoms with E-state index in [1.54, 1.807) is 13.8 Å². The molecule has 1 amide bonds. The summed E-state index contributed by atoms with van der Waals surface area (Å²) in [6.07, 6.45) is 2.17. The molecule has 5 heteroatoms. The van der Waals surface area contributed by atoms with Gasteiger partial charge in [0.25, 0.3) is 0 Å². The summed E-state index contributed by atoms with van der Waals surface area (Å²) in [6.45, 7) is 4.78. The Morgan fingerprint density at radius 2 is 2.14 bits per heavy atom. The molecule has 1 aromatic heterocycles. The first-order valence-corrected chi connectivity index (χ1v) is 7.51. The first kappa shape index (κ1) is 14.6. The number of amides is 1. The van der Waals surface area contributed by atoms with E-state index in [2.05, 4.69) is 28.1 Å². The lowest BCUT2D eigenvalue weighted by Gasteiger charge is -2.23. The van der Waals surface area contributed by atoms with Gasteiger partial charge in [-0.05, 0) is 31.4 Å². The summed E-state index contributed by atoms with van der Waals surface area (Å²) in [5, 5.41) is 4.10. The Kier molecular flexibility index (Phi) is 3.64. The summed E-state index contributed by atoms with van der Waals surface area (Å²) in [6, 6.07) is 10.2. The molecule has 0 bridgehead atoms. The van der Waals surface area contributed by atoms with Crippen LogP contribution in [-0.2, 0) is 20.9 Å². The number of rotatable bonds is 4. The lowest BCUT2D eigenvalue weighted by Crippen LogP contribution is -2.41. The highest BCUT2D eigenvalue weighted by molar-refractivity contribution is 5.87. The molecule has 1 aliphatic rings. The second kappa shape index (κ2) is 5.48. The lowest BCUT2D eigenvalue weighted by atomic mass is 9.90. The fourth-order valence-corrected chi connectivity index (χ4v) is 2.99. The van der Waals surface area contributed by atoms with Crippen LogP contribution < -0.4 is 5.32 Å². The molecule has 5 nitrogen and oxygen atoms in total. The summed E-state index contributed by atoms with van der Waals surface area (Å²) < 4.78 is 7.30. The SMILES string of the molecule is CC1(C)OC(=O)C[C@@H]1C(=O)NCCn1ccc2ccccc21. The van der Waals surface area contributed by atoms with Crippen LogP contribution in [0.1, 0.15) is 20.3 Å². The number of aromatic nitrogens is 1. The first-order chi connectivity index (χ1) is 10.5. The smallest absolute Gasteiger partial charge is 0.307 e. The number of cyclic esters (lactones) is 1. The Bertz CT molecular complexity index is 718. The average Bonchev–Trinajstić information content (AvgIpc) is 2.99. The Hall–Kier alpha value is -2.30. The van der Waals surface area contributed by atoms with Gasteiger partial charge in [-0.15, -0.1) is 0 Å². The lowest BCUT2D eigenvalue weighted by molar-refractivity contribution is -0.147. The van der Waals surface area contributed by atoms with Crippen molar-refractivity contribution >= 4 is 22.8 Å². The maximum atomic E-state index is 12.2. The molecule has 0 radical (unpaired) electrons. The molecule has 0 unspecified atom stereocenters. The van der Waals surface area contributed by atoms with Gasteiger partial charge in [-0.2, -0.15) is 0 Å². The van der Waals surface area contributed by atoms with E-state index in [1.807, 2.05) is 18.3 Å². The summed E-state index contributed by atoms with van der Waals surface area (Å²) in [4.78, 5) is 23.6. The maximum Gasteiger partial charge on any atom is 0.307 e. The van der Waals surface area contributed by atoms with E-state index < -0.39 is 11.5 Å². The molecule has 1 atom stereocenters. The van der Waals surface area contributed by atoms with Gasteiger partial charge in [0.1, 0.15) is 5.60 Å². The number of hydrogen-bond donors (Lipinski definition) is 1. The molecule has 0 saturated carbocycles. The van der Waals surface area contributed by atoms with Crippen LogP contribution in [0.2, 0.25) is 0 Å². The Morgan fingerprint density at radius 3 is 2.86 bits per heavy atom. The summed E-state index contributed by atoms with van der Waals surface area (Å²) in [5.74, 6) is -0.838. The van der Waals surface area contributed by atoms with Crippen molar-refractivity contribution in [2.24, 2.45) is 5.92 Å². The zero-order chi connectivity index (χ0) is 15.7. The minimum atomic E-state index is -0.721. The number of nitrogens with one attached hydrogen (secondary N) is 1. The van der Waals surface area contributed by atoms with Gasteiger partial charge in [0, 0.05) is 24.8 Å². The van der Waals surface area contributed by atoms with Crippen molar-refractivity contribution in [2.75, 3.05) is 6.54 Å². The average molecular weight is 300 g/mol. The number of hydrogen-bond acceptors (Lipinski definition) is 3. The minimum absolute atomic E-state index is 0.118. The van der Waals surface area contributed by atoms with Crippen molar-refractivity contribution in [3.8, 4) is 0 Å². The van der Waals surface area contributed by atoms with Crippen LogP contribution in [0.4, 0.5) is 0 Å². The molecule has 22 heavy (non-hydrogen) atoms. The molecule has 0 spiro atoms. The summed E-state index contributed by atoms with van der Waals surface area (Å²) >= 11 is 0. The number of ether oxygens (including phenoxy) is 1. The molecule has 1 aliphatic heterocycles. The van der Waals surface area contributed by atoms with Crippen molar-refractivity contribution in [1.82, 2.24) is 9.88 Å². The van der Waals surface area contributed by atoms with Crippen LogP contribution >= 0.6 is 0 Å². The van der Waals surface area contributed by atoms with Gasteiger partial charge in [-0.3, -0.25) is 9.59 Å². The maximum absolute atomic E-state index is 12.2. The number of benzene rings is 1. The monoisotopic (exact) mass is 300 g/mol.